The van der Waals surface area contributed by atoms with Crippen molar-refractivity contribution >= 4 is 5.90 Å². The van der Waals surface area contributed by atoms with Crippen LogP contribution >= 0.6 is 0 Å². The van der Waals surface area contributed by atoms with Gasteiger partial charge in [-0.1, -0.05) is 12.1 Å². The van der Waals surface area contributed by atoms with Crippen LogP contribution in [0.3, 0.4) is 0 Å². The van der Waals surface area contributed by atoms with Gasteiger partial charge in [0.05, 0.1) is 0 Å². The number of benzene rings is 1. The highest BCUT2D eigenvalue weighted by molar-refractivity contribution is 5.78. The number of alkyl halides is 3. The number of hydrogen-bond acceptors (Lipinski definition) is 2. The second kappa shape index (κ2) is 4.29. The standard InChI is InChI=1S/C9H7F4NO/c10-7-3-1-6(2-4-7)5-15-8(14)9(11,12)13/h1-4,14H,5H2. The predicted molar refractivity (Wildman–Crippen MR) is 45.0 cm³/mol. The maximum absolute atomic E-state index is 12.4. The van der Waals surface area contributed by atoms with Gasteiger partial charge in [-0.15, -0.1) is 0 Å². The van der Waals surface area contributed by atoms with E-state index < -0.39 is 24.5 Å². The van der Waals surface area contributed by atoms with Crippen LogP contribution in [-0.4, -0.2) is 12.1 Å². The van der Waals surface area contributed by atoms with E-state index in [1.165, 1.54) is 12.1 Å². The summed E-state index contributed by atoms with van der Waals surface area (Å²) in [6.07, 6.45) is -4.78. The number of rotatable bonds is 2. The van der Waals surface area contributed by atoms with Crippen LogP contribution in [0.15, 0.2) is 24.3 Å². The van der Waals surface area contributed by atoms with E-state index in [2.05, 4.69) is 4.74 Å². The molecular weight excluding hydrogens is 214 g/mol. The lowest BCUT2D eigenvalue weighted by atomic mass is 10.2. The Labute approximate surface area is 83.0 Å². The van der Waals surface area contributed by atoms with Crippen molar-refractivity contribution < 1.29 is 22.3 Å². The van der Waals surface area contributed by atoms with Gasteiger partial charge in [-0.3, -0.25) is 5.41 Å². The van der Waals surface area contributed by atoms with Crippen molar-refractivity contribution in [2.75, 3.05) is 0 Å². The first-order valence-corrected chi connectivity index (χ1v) is 3.92. The molecule has 0 spiro atoms. The Morgan fingerprint density at radius 1 is 1.20 bits per heavy atom. The lowest BCUT2D eigenvalue weighted by Crippen LogP contribution is -2.24. The molecule has 0 saturated heterocycles. The molecule has 0 aliphatic heterocycles. The molecule has 82 valence electrons. The second-order valence-electron chi connectivity index (χ2n) is 2.74. The van der Waals surface area contributed by atoms with E-state index in [1.54, 1.807) is 0 Å². The molecule has 0 amide bonds. The molecular formula is C9H7F4NO. The number of ether oxygens (including phenoxy) is 1. The lowest BCUT2D eigenvalue weighted by molar-refractivity contribution is -0.0804. The van der Waals surface area contributed by atoms with E-state index in [1.807, 2.05) is 0 Å². The van der Waals surface area contributed by atoms with E-state index in [0.29, 0.717) is 5.56 Å². The first kappa shape index (κ1) is 11.5. The third-order valence-corrected chi connectivity index (χ3v) is 1.55. The topological polar surface area (TPSA) is 33.1 Å². The van der Waals surface area contributed by atoms with Crippen molar-refractivity contribution in [1.82, 2.24) is 0 Å². The Bertz CT molecular complexity index is 344. The molecule has 0 saturated carbocycles. The Morgan fingerprint density at radius 3 is 2.20 bits per heavy atom. The summed E-state index contributed by atoms with van der Waals surface area (Å²) in [6, 6.07) is 4.80. The molecule has 1 aromatic rings. The number of hydrogen-bond donors (Lipinski definition) is 1. The third kappa shape index (κ3) is 3.57. The summed E-state index contributed by atoms with van der Waals surface area (Å²) in [4.78, 5) is 0. The van der Waals surface area contributed by atoms with E-state index in [9.17, 15) is 17.6 Å². The molecule has 0 atom stereocenters. The van der Waals surface area contributed by atoms with E-state index in [4.69, 9.17) is 5.41 Å². The molecule has 0 fully saturated rings. The van der Waals surface area contributed by atoms with Gasteiger partial charge in [0.2, 0.25) is 0 Å². The highest BCUT2D eigenvalue weighted by Crippen LogP contribution is 2.17. The first-order valence-electron chi connectivity index (χ1n) is 3.92. The van der Waals surface area contributed by atoms with Crippen molar-refractivity contribution in [2.45, 2.75) is 12.8 Å². The summed E-state index contributed by atoms with van der Waals surface area (Å²) in [5.74, 6) is -2.24. The van der Waals surface area contributed by atoms with Crippen LogP contribution in [0.1, 0.15) is 5.56 Å². The smallest absolute Gasteiger partial charge is 0.467 e. The molecule has 0 unspecified atom stereocenters. The van der Waals surface area contributed by atoms with E-state index >= 15 is 0 Å². The molecule has 0 bridgehead atoms. The third-order valence-electron chi connectivity index (χ3n) is 1.55. The zero-order valence-electron chi connectivity index (χ0n) is 7.44. The van der Waals surface area contributed by atoms with E-state index in [0.717, 1.165) is 12.1 Å². The molecule has 1 aromatic carbocycles. The quantitative estimate of drug-likeness (QED) is 0.465. The summed E-state index contributed by atoms with van der Waals surface area (Å²) in [5, 5.41) is 6.51. The fourth-order valence-electron chi connectivity index (χ4n) is 0.818. The van der Waals surface area contributed by atoms with Gasteiger partial charge in [-0.05, 0) is 17.7 Å². The number of nitrogens with one attached hydrogen (secondary N) is 1. The largest absolute Gasteiger partial charge is 0.470 e. The van der Waals surface area contributed by atoms with Crippen molar-refractivity contribution in [3.63, 3.8) is 0 Å². The molecule has 15 heavy (non-hydrogen) atoms. The van der Waals surface area contributed by atoms with Crippen molar-refractivity contribution in [1.29, 1.82) is 5.41 Å². The van der Waals surface area contributed by atoms with Gasteiger partial charge in [0, 0.05) is 0 Å². The van der Waals surface area contributed by atoms with Gasteiger partial charge < -0.3 is 4.74 Å². The monoisotopic (exact) mass is 221 g/mol. The van der Waals surface area contributed by atoms with Crippen LogP contribution in [-0.2, 0) is 11.3 Å². The number of halogens is 4. The predicted octanol–water partition coefficient (Wildman–Crippen LogP) is 2.88. The van der Waals surface area contributed by atoms with Crippen molar-refractivity contribution in [2.24, 2.45) is 0 Å². The maximum Gasteiger partial charge on any atom is 0.467 e. The minimum absolute atomic E-state index is 0.366. The van der Waals surface area contributed by atoms with Crippen LogP contribution in [0, 0.1) is 11.2 Å². The Balaban J connectivity index is 2.51. The van der Waals surface area contributed by atoms with Gasteiger partial charge in [0.1, 0.15) is 12.4 Å². The maximum atomic E-state index is 12.4. The normalized spacial score (nSPS) is 11.2. The molecule has 2 nitrogen and oxygen atoms in total. The molecule has 0 radical (unpaired) electrons. The van der Waals surface area contributed by atoms with Crippen LogP contribution in [0.4, 0.5) is 17.6 Å². The minimum Gasteiger partial charge on any atom is -0.470 e. The fraction of sp³-hybridized carbons (Fsp3) is 0.222. The summed E-state index contributed by atoms with van der Waals surface area (Å²) >= 11 is 0. The molecule has 0 heterocycles. The Hall–Kier alpha value is -1.59. The molecule has 1 rings (SSSR count). The van der Waals surface area contributed by atoms with Gasteiger partial charge in [-0.25, -0.2) is 4.39 Å². The average molecular weight is 221 g/mol. The Morgan fingerprint density at radius 2 is 1.73 bits per heavy atom. The van der Waals surface area contributed by atoms with Gasteiger partial charge >= 0.3 is 6.18 Å². The summed E-state index contributed by atoms with van der Waals surface area (Å²) < 4.78 is 52.0. The summed E-state index contributed by atoms with van der Waals surface area (Å²) in [5.41, 5.74) is 0.366. The zero-order chi connectivity index (χ0) is 11.5. The highest BCUT2D eigenvalue weighted by atomic mass is 19.4. The average Bonchev–Trinajstić information content (AvgIpc) is 2.15. The van der Waals surface area contributed by atoms with Crippen molar-refractivity contribution in [3.8, 4) is 0 Å². The SMILES string of the molecule is N=C(OCc1ccc(F)cc1)C(F)(F)F. The van der Waals surface area contributed by atoms with Crippen LogP contribution < -0.4 is 0 Å². The van der Waals surface area contributed by atoms with Crippen LogP contribution in [0.5, 0.6) is 0 Å². The Kier molecular flexibility index (Phi) is 3.28. The van der Waals surface area contributed by atoms with Gasteiger partial charge in [-0.2, -0.15) is 13.2 Å². The van der Waals surface area contributed by atoms with Gasteiger partial charge in [0.25, 0.3) is 5.90 Å². The summed E-state index contributed by atoms with van der Waals surface area (Å²) in [7, 11) is 0. The molecule has 6 heteroatoms. The minimum atomic E-state index is -4.78. The first-order chi connectivity index (χ1) is 6.89. The van der Waals surface area contributed by atoms with Gasteiger partial charge in [0.15, 0.2) is 0 Å². The summed E-state index contributed by atoms with van der Waals surface area (Å²) in [6.45, 7) is -0.404. The molecule has 1 N–H and O–H groups in total. The zero-order valence-corrected chi connectivity index (χ0v) is 7.44. The molecule has 0 aliphatic carbocycles. The molecule has 0 aliphatic rings. The van der Waals surface area contributed by atoms with Crippen LogP contribution in [0.2, 0.25) is 0 Å². The van der Waals surface area contributed by atoms with Crippen LogP contribution in [0.25, 0.3) is 0 Å². The second-order valence-corrected chi connectivity index (χ2v) is 2.74. The van der Waals surface area contributed by atoms with Crippen molar-refractivity contribution in [3.05, 3.63) is 35.6 Å². The van der Waals surface area contributed by atoms with E-state index in [-0.39, 0.29) is 0 Å². The fourth-order valence-corrected chi connectivity index (χ4v) is 0.818. The highest BCUT2D eigenvalue weighted by Gasteiger charge is 2.36. The molecule has 0 aromatic heterocycles. The lowest BCUT2D eigenvalue weighted by Gasteiger charge is -2.09.